The highest BCUT2D eigenvalue weighted by molar-refractivity contribution is 5.99. The Labute approximate surface area is 113 Å². The molecule has 0 radical (unpaired) electrons. The lowest BCUT2D eigenvalue weighted by Crippen LogP contribution is -2.44. The highest BCUT2D eigenvalue weighted by atomic mass is 16.3. The van der Waals surface area contributed by atoms with E-state index in [1.54, 1.807) is 11.0 Å². The number of phenolic OH excluding ortho intramolecular Hbond substituents is 1. The number of likely N-dealkylation sites (tertiary alicyclic amines) is 1. The van der Waals surface area contributed by atoms with E-state index in [1.165, 1.54) is 12.1 Å². The van der Waals surface area contributed by atoms with E-state index in [-0.39, 0.29) is 17.7 Å². The van der Waals surface area contributed by atoms with E-state index in [1.807, 2.05) is 7.05 Å². The maximum atomic E-state index is 12.4. The first-order chi connectivity index (χ1) is 8.99. The van der Waals surface area contributed by atoms with Crippen LogP contribution in [0.5, 0.6) is 5.75 Å². The van der Waals surface area contributed by atoms with E-state index < -0.39 is 0 Å². The molecular weight excluding hydrogens is 242 g/mol. The zero-order chi connectivity index (χ0) is 14.0. The van der Waals surface area contributed by atoms with Crippen LogP contribution in [0.15, 0.2) is 18.2 Å². The van der Waals surface area contributed by atoms with Gasteiger partial charge >= 0.3 is 0 Å². The summed E-state index contributed by atoms with van der Waals surface area (Å²) < 4.78 is 0. The zero-order valence-corrected chi connectivity index (χ0v) is 11.5. The van der Waals surface area contributed by atoms with E-state index in [4.69, 9.17) is 5.73 Å². The van der Waals surface area contributed by atoms with E-state index in [9.17, 15) is 9.90 Å². The normalized spacial score (nSPS) is 17.4. The van der Waals surface area contributed by atoms with Crippen LogP contribution in [0.2, 0.25) is 0 Å². The number of piperidine rings is 1. The van der Waals surface area contributed by atoms with Crippen molar-refractivity contribution in [2.24, 2.45) is 0 Å². The average molecular weight is 263 g/mol. The lowest BCUT2D eigenvalue weighted by Gasteiger charge is -2.35. The van der Waals surface area contributed by atoms with Crippen LogP contribution in [-0.2, 0) is 0 Å². The first kappa shape index (κ1) is 13.7. The second kappa shape index (κ2) is 5.48. The predicted octanol–water partition coefficient (Wildman–Crippen LogP) is 1.14. The number of hydrogen-bond acceptors (Lipinski definition) is 4. The largest absolute Gasteiger partial charge is 0.508 e. The lowest BCUT2D eigenvalue weighted by molar-refractivity contribution is 0.0660. The summed E-state index contributed by atoms with van der Waals surface area (Å²) in [6, 6.07) is 4.72. The third-order valence-corrected chi connectivity index (χ3v) is 3.82. The van der Waals surface area contributed by atoms with Crippen LogP contribution in [0.25, 0.3) is 0 Å². The molecule has 1 aliphatic rings. The Morgan fingerprint density at radius 1 is 1.42 bits per heavy atom. The van der Waals surface area contributed by atoms with Crippen LogP contribution in [0.1, 0.15) is 23.2 Å². The summed E-state index contributed by atoms with van der Waals surface area (Å²) in [5.41, 5.74) is 6.59. The molecule has 0 saturated carbocycles. The summed E-state index contributed by atoms with van der Waals surface area (Å²) in [6.45, 7) is 2.00. The van der Waals surface area contributed by atoms with Gasteiger partial charge in [-0.3, -0.25) is 4.79 Å². The molecule has 1 aromatic carbocycles. The van der Waals surface area contributed by atoms with Gasteiger partial charge in [0.25, 0.3) is 5.91 Å². The van der Waals surface area contributed by atoms with Gasteiger partial charge in [-0.2, -0.15) is 0 Å². The summed E-state index contributed by atoms with van der Waals surface area (Å²) in [4.78, 5) is 16.4. The minimum atomic E-state index is -0.122. The number of carbonyl (C=O) groups is 1. The van der Waals surface area contributed by atoms with Crippen molar-refractivity contribution in [2.75, 3.05) is 32.9 Å². The van der Waals surface area contributed by atoms with Gasteiger partial charge in [-0.25, -0.2) is 0 Å². The molecule has 19 heavy (non-hydrogen) atoms. The number of anilines is 1. The molecule has 1 amide bonds. The number of nitrogens with zero attached hydrogens (tertiary/aromatic N) is 2. The molecule has 1 saturated heterocycles. The molecule has 5 nitrogen and oxygen atoms in total. The average Bonchev–Trinajstić information content (AvgIpc) is 2.41. The van der Waals surface area contributed by atoms with Crippen molar-refractivity contribution in [3.63, 3.8) is 0 Å². The quantitative estimate of drug-likeness (QED) is 0.620. The number of benzene rings is 1. The van der Waals surface area contributed by atoms with Gasteiger partial charge in [-0.15, -0.1) is 0 Å². The molecule has 1 fully saturated rings. The van der Waals surface area contributed by atoms with Gasteiger partial charge < -0.3 is 20.6 Å². The molecule has 104 valence electrons. The standard InChI is InChI=1S/C14H21N3O2/c1-16-7-5-10(6-8-16)17(2)14(19)12-9-11(18)3-4-13(12)15/h3-4,9-10,18H,5-8,15H2,1-2H3. The second-order valence-corrected chi connectivity index (χ2v) is 5.22. The first-order valence-electron chi connectivity index (χ1n) is 6.53. The summed E-state index contributed by atoms with van der Waals surface area (Å²) in [5.74, 6) is -0.0581. The molecule has 1 aromatic rings. The van der Waals surface area contributed by atoms with Gasteiger partial charge in [-0.1, -0.05) is 0 Å². The molecule has 3 N–H and O–H groups in total. The monoisotopic (exact) mass is 263 g/mol. The van der Waals surface area contributed by atoms with Gasteiger partial charge in [-0.05, 0) is 51.2 Å². The molecule has 0 bridgehead atoms. The number of phenols is 1. The number of aromatic hydroxyl groups is 1. The van der Waals surface area contributed by atoms with Gasteiger partial charge in [0, 0.05) is 18.8 Å². The molecule has 1 heterocycles. The number of nitrogens with two attached hydrogens (primary N) is 1. The topological polar surface area (TPSA) is 69.8 Å². The zero-order valence-electron chi connectivity index (χ0n) is 11.5. The third kappa shape index (κ3) is 2.98. The lowest BCUT2D eigenvalue weighted by atomic mass is 10.0. The van der Waals surface area contributed by atoms with Crippen LogP contribution >= 0.6 is 0 Å². The maximum absolute atomic E-state index is 12.4. The van der Waals surface area contributed by atoms with Gasteiger partial charge in [0.05, 0.1) is 5.56 Å². The number of carbonyl (C=O) groups excluding carboxylic acids is 1. The molecule has 0 atom stereocenters. The number of nitrogen functional groups attached to an aromatic ring is 1. The Morgan fingerprint density at radius 2 is 2.05 bits per heavy atom. The summed E-state index contributed by atoms with van der Waals surface area (Å²) in [6.07, 6.45) is 1.94. The van der Waals surface area contributed by atoms with Crippen LogP contribution in [0, 0.1) is 0 Å². The van der Waals surface area contributed by atoms with Gasteiger partial charge in [0.15, 0.2) is 0 Å². The minimum Gasteiger partial charge on any atom is -0.508 e. The fourth-order valence-corrected chi connectivity index (χ4v) is 2.47. The van der Waals surface area contributed by atoms with Crippen LogP contribution < -0.4 is 5.73 Å². The van der Waals surface area contributed by atoms with E-state index in [2.05, 4.69) is 11.9 Å². The van der Waals surface area contributed by atoms with Crippen molar-refractivity contribution in [1.82, 2.24) is 9.80 Å². The molecule has 1 aliphatic heterocycles. The highest BCUT2D eigenvalue weighted by Gasteiger charge is 2.25. The maximum Gasteiger partial charge on any atom is 0.256 e. The number of hydrogen-bond donors (Lipinski definition) is 2. The smallest absolute Gasteiger partial charge is 0.256 e. The minimum absolute atomic E-state index is 0.0642. The Morgan fingerprint density at radius 3 is 2.68 bits per heavy atom. The third-order valence-electron chi connectivity index (χ3n) is 3.82. The van der Waals surface area contributed by atoms with Crippen molar-refractivity contribution < 1.29 is 9.90 Å². The Kier molecular flexibility index (Phi) is 3.95. The number of rotatable bonds is 2. The first-order valence-corrected chi connectivity index (χ1v) is 6.53. The Bertz CT molecular complexity index is 468. The Balaban J connectivity index is 2.12. The fraction of sp³-hybridized carbons (Fsp3) is 0.500. The number of amides is 1. The SMILES string of the molecule is CN1CCC(N(C)C(=O)c2cc(O)ccc2N)CC1. The van der Waals surface area contributed by atoms with E-state index in [0.29, 0.717) is 11.3 Å². The van der Waals surface area contributed by atoms with Gasteiger partial charge in [0.2, 0.25) is 0 Å². The summed E-state index contributed by atoms with van der Waals surface area (Å²) in [5, 5.41) is 9.48. The van der Waals surface area contributed by atoms with Crippen molar-refractivity contribution in [3.8, 4) is 5.75 Å². The van der Waals surface area contributed by atoms with Crippen molar-refractivity contribution in [3.05, 3.63) is 23.8 Å². The van der Waals surface area contributed by atoms with Crippen molar-refractivity contribution in [2.45, 2.75) is 18.9 Å². The fourth-order valence-electron chi connectivity index (χ4n) is 2.47. The molecule has 0 unspecified atom stereocenters. The molecule has 2 rings (SSSR count). The van der Waals surface area contributed by atoms with Crippen molar-refractivity contribution >= 4 is 11.6 Å². The van der Waals surface area contributed by atoms with Crippen LogP contribution in [0.3, 0.4) is 0 Å². The summed E-state index contributed by atoms with van der Waals surface area (Å²) in [7, 11) is 3.90. The Hall–Kier alpha value is -1.75. The molecule has 5 heteroatoms. The molecule has 0 aromatic heterocycles. The molecule has 0 spiro atoms. The van der Waals surface area contributed by atoms with Crippen molar-refractivity contribution in [1.29, 1.82) is 0 Å². The van der Waals surface area contributed by atoms with Gasteiger partial charge in [0.1, 0.15) is 5.75 Å². The van der Waals surface area contributed by atoms with Crippen LogP contribution in [0.4, 0.5) is 5.69 Å². The second-order valence-electron chi connectivity index (χ2n) is 5.22. The summed E-state index contributed by atoms with van der Waals surface area (Å²) >= 11 is 0. The molecule has 0 aliphatic carbocycles. The van der Waals surface area contributed by atoms with E-state index in [0.717, 1.165) is 25.9 Å². The predicted molar refractivity (Wildman–Crippen MR) is 75.1 cm³/mol. The highest BCUT2D eigenvalue weighted by Crippen LogP contribution is 2.22. The van der Waals surface area contributed by atoms with Crippen LogP contribution in [-0.4, -0.2) is 54.0 Å². The van der Waals surface area contributed by atoms with E-state index >= 15 is 0 Å². The molecular formula is C14H21N3O2.